The van der Waals surface area contributed by atoms with Gasteiger partial charge in [0.25, 0.3) is 0 Å². The van der Waals surface area contributed by atoms with Crippen molar-refractivity contribution < 1.29 is 4.74 Å². The van der Waals surface area contributed by atoms with Gasteiger partial charge in [-0.05, 0) is 80.0 Å². The van der Waals surface area contributed by atoms with Crippen molar-refractivity contribution in [1.82, 2.24) is 14.8 Å². The summed E-state index contributed by atoms with van der Waals surface area (Å²) in [6, 6.07) is 9.90. The van der Waals surface area contributed by atoms with E-state index in [1.807, 2.05) is 12.1 Å². The molecule has 0 amide bonds. The molecule has 0 spiro atoms. The summed E-state index contributed by atoms with van der Waals surface area (Å²) in [5, 5.41) is 10.9. The number of rotatable bonds is 7. The van der Waals surface area contributed by atoms with Crippen LogP contribution in [0.15, 0.2) is 35.5 Å². The smallest absolute Gasteiger partial charge is 0.191 e. The first-order chi connectivity index (χ1) is 14.6. The van der Waals surface area contributed by atoms with E-state index in [1.54, 1.807) is 17.8 Å². The lowest BCUT2D eigenvalue weighted by Gasteiger charge is -2.20. The van der Waals surface area contributed by atoms with Gasteiger partial charge in [-0.3, -0.25) is 0 Å². The summed E-state index contributed by atoms with van der Waals surface area (Å²) in [5.41, 5.74) is 5.23. The zero-order valence-electron chi connectivity index (χ0n) is 17.3. The number of fused-ring (bicyclic) bond motifs is 1. The number of halogens is 2. The largest absolute Gasteiger partial charge is 0.485 e. The van der Waals surface area contributed by atoms with Gasteiger partial charge in [-0.1, -0.05) is 47.1 Å². The topological polar surface area (TPSA) is 39.9 Å². The van der Waals surface area contributed by atoms with Gasteiger partial charge in [-0.15, -0.1) is 10.2 Å². The Balaban J connectivity index is 1.45. The number of thioether (sulfide) groups is 1. The summed E-state index contributed by atoms with van der Waals surface area (Å²) in [7, 11) is 0. The minimum atomic E-state index is 0.405. The monoisotopic (exact) mass is 461 g/mol. The van der Waals surface area contributed by atoms with Crippen molar-refractivity contribution in [2.45, 2.75) is 63.6 Å². The number of nitrogens with zero attached hydrogens (tertiary/aromatic N) is 3. The molecule has 0 unspecified atom stereocenters. The fourth-order valence-corrected chi connectivity index (χ4v) is 5.50. The van der Waals surface area contributed by atoms with Crippen molar-refractivity contribution >= 4 is 35.0 Å². The molecule has 0 bridgehead atoms. The first kappa shape index (κ1) is 21.5. The van der Waals surface area contributed by atoms with Gasteiger partial charge in [-0.2, -0.15) is 0 Å². The summed E-state index contributed by atoms with van der Waals surface area (Å²) >= 11 is 13.9. The Morgan fingerprint density at radius 3 is 2.73 bits per heavy atom. The SMILES string of the molecule is CCn1c(COc2ccc3c(c2C)CCCC3)nnc1SCc1ccc(Cl)cc1Cl. The molecule has 0 radical (unpaired) electrons. The van der Waals surface area contributed by atoms with Crippen molar-refractivity contribution in [3.8, 4) is 5.75 Å². The van der Waals surface area contributed by atoms with Crippen LogP contribution in [0.3, 0.4) is 0 Å². The molecule has 1 aromatic heterocycles. The van der Waals surface area contributed by atoms with Crippen LogP contribution in [0.5, 0.6) is 5.75 Å². The molecular formula is C23H25Cl2N3OS. The second-order valence-electron chi connectivity index (χ2n) is 7.49. The van der Waals surface area contributed by atoms with Gasteiger partial charge in [0.15, 0.2) is 11.0 Å². The lowest BCUT2D eigenvalue weighted by atomic mass is 9.88. The van der Waals surface area contributed by atoms with Crippen LogP contribution >= 0.6 is 35.0 Å². The second-order valence-corrected chi connectivity index (χ2v) is 9.28. The van der Waals surface area contributed by atoms with Crippen LogP contribution < -0.4 is 4.74 Å². The zero-order valence-corrected chi connectivity index (χ0v) is 19.6. The molecule has 30 heavy (non-hydrogen) atoms. The third kappa shape index (κ3) is 4.63. The fourth-order valence-electron chi connectivity index (χ4n) is 3.92. The van der Waals surface area contributed by atoms with Gasteiger partial charge in [0.1, 0.15) is 12.4 Å². The van der Waals surface area contributed by atoms with Crippen LogP contribution in [-0.2, 0) is 31.7 Å². The molecule has 0 N–H and O–H groups in total. The molecule has 4 rings (SSSR count). The number of aromatic nitrogens is 3. The first-order valence-corrected chi connectivity index (χ1v) is 12.0. The van der Waals surface area contributed by atoms with Crippen LogP contribution in [0.4, 0.5) is 0 Å². The van der Waals surface area contributed by atoms with Gasteiger partial charge >= 0.3 is 0 Å². The van der Waals surface area contributed by atoms with Crippen LogP contribution in [-0.4, -0.2) is 14.8 Å². The molecule has 7 heteroatoms. The molecule has 0 fully saturated rings. The molecule has 1 heterocycles. The Morgan fingerprint density at radius 1 is 1.10 bits per heavy atom. The Hall–Kier alpha value is -1.69. The van der Waals surface area contributed by atoms with Crippen molar-refractivity contribution in [3.63, 3.8) is 0 Å². The van der Waals surface area contributed by atoms with E-state index in [1.165, 1.54) is 36.0 Å². The summed E-state index contributed by atoms with van der Waals surface area (Å²) in [4.78, 5) is 0. The number of benzene rings is 2. The highest BCUT2D eigenvalue weighted by Gasteiger charge is 2.17. The maximum atomic E-state index is 6.30. The van der Waals surface area contributed by atoms with E-state index in [0.29, 0.717) is 22.4 Å². The van der Waals surface area contributed by atoms with E-state index in [4.69, 9.17) is 27.9 Å². The van der Waals surface area contributed by atoms with Gasteiger partial charge in [-0.25, -0.2) is 0 Å². The Bertz CT molecular complexity index is 1050. The maximum Gasteiger partial charge on any atom is 0.191 e. The lowest BCUT2D eigenvalue weighted by Crippen LogP contribution is -2.09. The molecule has 0 saturated heterocycles. The average Bonchev–Trinajstić information content (AvgIpc) is 3.14. The van der Waals surface area contributed by atoms with E-state index >= 15 is 0 Å². The number of aryl methyl sites for hydroxylation is 1. The van der Waals surface area contributed by atoms with Crippen molar-refractivity contribution in [2.75, 3.05) is 0 Å². The minimum Gasteiger partial charge on any atom is -0.485 e. The third-order valence-electron chi connectivity index (χ3n) is 5.61. The van der Waals surface area contributed by atoms with E-state index in [9.17, 15) is 0 Å². The summed E-state index contributed by atoms with van der Waals surface area (Å²) in [5.74, 6) is 2.49. The highest BCUT2D eigenvalue weighted by Crippen LogP contribution is 2.31. The van der Waals surface area contributed by atoms with Crippen molar-refractivity contribution in [3.05, 3.63) is 68.5 Å². The van der Waals surface area contributed by atoms with Gasteiger partial charge in [0, 0.05) is 22.3 Å². The normalized spacial score (nSPS) is 13.3. The fraction of sp³-hybridized carbons (Fsp3) is 0.391. The summed E-state index contributed by atoms with van der Waals surface area (Å²) in [6.07, 6.45) is 4.88. The molecule has 4 nitrogen and oxygen atoms in total. The van der Waals surface area contributed by atoms with E-state index in [0.717, 1.165) is 35.3 Å². The van der Waals surface area contributed by atoms with Crippen LogP contribution in [0.25, 0.3) is 0 Å². The molecule has 3 aromatic rings. The van der Waals surface area contributed by atoms with E-state index in [-0.39, 0.29) is 0 Å². The van der Waals surface area contributed by atoms with Gasteiger partial charge in [0.2, 0.25) is 0 Å². The van der Waals surface area contributed by atoms with E-state index in [2.05, 4.69) is 40.7 Å². The van der Waals surface area contributed by atoms with Crippen LogP contribution in [0.1, 0.15) is 47.8 Å². The molecule has 1 aliphatic carbocycles. The third-order valence-corrected chi connectivity index (χ3v) is 7.21. The second kappa shape index (κ2) is 9.63. The molecular weight excluding hydrogens is 437 g/mol. The maximum absolute atomic E-state index is 6.30. The van der Waals surface area contributed by atoms with Crippen molar-refractivity contribution in [2.24, 2.45) is 0 Å². The molecule has 0 aliphatic heterocycles. The minimum absolute atomic E-state index is 0.405. The summed E-state index contributed by atoms with van der Waals surface area (Å²) < 4.78 is 8.27. The quantitative estimate of drug-likeness (QED) is 0.368. The molecule has 0 atom stereocenters. The average molecular weight is 462 g/mol. The van der Waals surface area contributed by atoms with Gasteiger partial charge in [0.05, 0.1) is 0 Å². The lowest BCUT2D eigenvalue weighted by molar-refractivity contribution is 0.285. The van der Waals surface area contributed by atoms with Crippen LogP contribution in [0.2, 0.25) is 10.0 Å². The number of ether oxygens (including phenoxy) is 1. The number of hydrogen-bond donors (Lipinski definition) is 0. The van der Waals surface area contributed by atoms with Crippen LogP contribution in [0, 0.1) is 6.92 Å². The molecule has 158 valence electrons. The van der Waals surface area contributed by atoms with Gasteiger partial charge < -0.3 is 9.30 Å². The zero-order chi connectivity index (χ0) is 21.1. The highest BCUT2D eigenvalue weighted by molar-refractivity contribution is 7.98. The first-order valence-electron chi connectivity index (χ1n) is 10.3. The standard InChI is InChI=1S/C23H25Cl2N3OS/c1-3-28-22(13-29-21-11-9-16-6-4-5-7-19(16)15(21)2)26-27-23(28)30-14-17-8-10-18(24)12-20(17)25/h8-12H,3-7,13-14H2,1-2H3. The summed E-state index contributed by atoms with van der Waals surface area (Å²) in [6.45, 7) is 5.45. The Morgan fingerprint density at radius 2 is 1.93 bits per heavy atom. The Labute approximate surface area is 191 Å². The molecule has 1 aliphatic rings. The predicted molar refractivity (Wildman–Crippen MR) is 124 cm³/mol. The highest BCUT2D eigenvalue weighted by atomic mass is 35.5. The van der Waals surface area contributed by atoms with E-state index < -0.39 is 0 Å². The number of hydrogen-bond acceptors (Lipinski definition) is 4. The van der Waals surface area contributed by atoms with Crippen molar-refractivity contribution in [1.29, 1.82) is 0 Å². The molecule has 2 aromatic carbocycles. The Kier molecular flexibility index (Phi) is 6.91. The predicted octanol–water partition coefficient (Wildman–Crippen LogP) is 6.66. The molecule has 0 saturated carbocycles.